The molecule has 1 aliphatic heterocycles. The quantitative estimate of drug-likeness (QED) is 0.812. The molecule has 4 heteroatoms. The molecule has 1 N–H and O–H groups in total. The Morgan fingerprint density at radius 2 is 2.28 bits per heavy atom. The van der Waals surface area contributed by atoms with Crippen molar-refractivity contribution in [1.29, 1.82) is 0 Å². The van der Waals surface area contributed by atoms with Crippen LogP contribution < -0.4 is 5.32 Å². The van der Waals surface area contributed by atoms with Gasteiger partial charge in [0.1, 0.15) is 6.10 Å². The number of nitrogens with one attached hydrogen (secondary N) is 1. The van der Waals surface area contributed by atoms with E-state index >= 15 is 0 Å². The van der Waals surface area contributed by atoms with Crippen molar-refractivity contribution in [2.24, 2.45) is 0 Å². The SMILES string of the molecule is COCC(C)OC(=O)CC1CNc2ccccc21. The van der Waals surface area contributed by atoms with Crippen molar-refractivity contribution in [3.8, 4) is 0 Å². The Kier molecular flexibility index (Phi) is 4.20. The first-order valence-electron chi connectivity index (χ1n) is 6.22. The molecule has 1 aromatic carbocycles. The molecule has 2 rings (SSSR count). The normalized spacial score (nSPS) is 18.9. The standard InChI is InChI=1S/C14H19NO3/c1-10(9-17-2)18-14(16)7-11-8-15-13-6-4-3-5-12(11)13/h3-6,10-11,15H,7-9H2,1-2H3. The fraction of sp³-hybridized carbons (Fsp3) is 0.500. The van der Waals surface area contributed by atoms with Crippen molar-refractivity contribution in [1.82, 2.24) is 0 Å². The van der Waals surface area contributed by atoms with E-state index in [0.29, 0.717) is 13.0 Å². The second kappa shape index (κ2) is 5.87. The highest BCUT2D eigenvalue weighted by molar-refractivity contribution is 5.72. The third kappa shape index (κ3) is 3.01. The lowest BCUT2D eigenvalue weighted by molar-refractivity contribution is -0.150. The number of methoxy groups -OCH3 is 1. The zero-order valence-electron chi connectivity index (χ0n) is 10.8. The maximum atomic E-state index is 11.8. The number of rotatable bonds is 5. The molecule has 1 aromatic rings. The fourth-order valence-electron chi connectivity index (χ4n) is 2.28. The van der Waals surface area contributed by atoms with E-state index in [1.165, 1.54) is 5.56 Å². The van der Waals surface area contributed by atoms with Crippen molar-refractivity contribution in [3.05, 3.63) is 29.8 Å². The van der Waals surface area contributed by atoms with Crippen LogP contribution >= 0.6 is 0 Å². The number of esters is 1. The molecule has 0 bridgehead atoms. The van der Waals surface area contributed by atoms with Gasteiger partial charge in [0, 0.05) is 25.3 Å². The Hall–Kier alpha value is -1.55. The van der Waals surface area contributed by atoms with Crippen LogP contribution in [0.3, 0.4) is 0 Å². The van der Waals surface area contributed by atoms with E-state index < -0.39 is 0 Å². The molecule has 2 atom stereocenters. The summed E-state index contributed by atoms with van der Waals surface area (Å²) in [5.74, 6) is 0.0477. The van der Waals surface area contributed by atoms with Crippen molar-refractivity contribution in [2.45, 2.75) is 25.4 Å². The van der Waals surface area contributed by atoms with Gasteiger partial charge in [-0.2, -0.15) is 0 Å². The summed E-state index contributed by atoms with van der Waals surface area (Å²) in [6.45, 7) is 3.07. The van der Waals surface area contributed by atoms with Crippen LogP contribution in [0.4, 0.5) is 5.69 Å². The molecule has 98 valence electrons. The van der Waals surface area contributed by atoms with Gasteiger partial charge in [-0.3, -0.25) is 4.79 Å². The molecule has 1 heterocycles. The van der Waals surface area contributed by atoms with Crippen LogP contribution in [0.1, 0.15) is 24.8 Å². The van der Waals surface area contributed by atoms with Crippen molar-refractivity contribution < 1.29 is 14.3 Å². The maximum absolute atomic E-state index is 11.8. The number of para-hydroxylation sites is 1. The van der Waals surface area contributed by atoms with Crippen LogP contribution in [0, 0.1) is 0 Å². The third-order valence-corrected chi connectivity index (χ3v) is 3.09. The van der Waals surface area contributed by atoms with Crippen molar-refractivity contribution in [2.75, 3.05) is 25.6 Å². The number of carbonyl (C=O) groups excluding carboxylic acids is 1. The van der Waals surface area contributed by atoms with E-state index in [9.17, 15) is 4.79 Å². The molecule has 18 heavy (non-hydrogen) atoms. The Labute approximate surface area is 107 Å². The second-order valence-electron chi connectivity index (χ2n) is 4.63. The molecule has 0 fully saturated rings. The molecule has 0 aliphatic carbocycles. The van der Waals surface area contributed by atoms with Crippen LogP contribution in [-0.2, 0) is 14.3 Å². The van der Waals surface area contributed by atoms with E-state index in [2.05, 4.69) is 11.4 Å². The predicted molar refractivity (Wildman–Crippen MR) is 69.7 cm³/mol. The van der Waals surface area contributed by atoms with Gasteiger partial charge in [-0.25, -0.2) is 0 Å². The van der Waals surface area contributed by atoms with Gasteiger partial charge >= 0.3 is 5.97 Å². The summed E-state index contributed by atoms with van der Waals surface area (Å²) < 4.78 is 10.2. The smallest absolute Gasteiger partial charge is 0.306 e. The van der Waals surface area contributed by atoms with Crippen LogP contribution in [0.25, 0.3) is 0 Å². The number of benzene rings is 1. The Balaban J connectivity index is 1.89. The molecule has 1 aliphatic rings. The molecule has 0 aromatic heterocycles. The van der Waals surface area contributed by atoms with Gasteiger partial charge < -0.3 is 14.8 Å². The van der Waals surface area contributed by atoms with Crippen LogP contribution in [0.15, 0.2) is 24.3 Å². The minimum atomic E-state index is -0.188. The van der Waals surface area contributed by atoms with E-state index in [-0.39, 0.29) is 18.0 Å². The Morgan fingerprint density at radius 3 is 3.06 bits per heavy atom. The van der Waals surface area contributed by atoms with E-state index in [0.717, 1.165) is 12.2 Å². The molecule has 0 saturated heterocycles. The lowest BCUT2D eigenvalue weighted by atomic mass is 9.98. The van der Waals surface area contributed by atoms with E-state index in [1.807, 2.05) is 25.1 Å². The van der Waals surface area contributed by atoms with Crippen LogP contribution in [-0.4, -0.2) is 32.3 Å². The lowest BCUT2D eigenvalue weighted by Gasteiger charge is -2.14. The third-order valence-electron chi connectivity index (χ3n) is 3.09. The molecule has 0 spiro atoms. The maximum Gasteiger partial charge on any atom is 0.306 e. The number of hydrogen-bond acceptors (Lipinski definition) is 4. The van der Waals surface area contributed by atoms with Gasteiger partial charge in [-0.05, 0) is 18.6 Å². The summed E-state index contributed by atoms with van der Waals surface area (Å²) in [6, 6.07) is 8.09. The summed E-state index contributed by atoms with van der Waals surface area (Å²) in [5, 5.41) is 3.30. The Morgan fingerprint density at radius 1 is 1.50 bits per heavy atom. The van der Waals surface area contributed by atoms with E-state index in [4.69, 9.17) is 9.47 Å². The Bertz CT molecular complexity index is 419. The summed E-state index contributed by atoms with van der Waals surface area (Å²) in [5.41, 5.74) is 2.33. The molecule has 4 nitrogen and oxygen atoms in total. The summed E-state index contributed by atoms with van der Waals surface area (Å²) in [6.07, 6.45) is 0.227. The molecule has 0 saturated carbocycles. The van der Waals surface area contributed by atoms with Gasteiger partial charge in [-0.15, -0.1) is 0 Å². The van der Waals surface area contributed by atoms with Gasteiger partial charge in [0.2, 0.25) is 0 Å². The highest BCUT2D eigenvalue weighted by atomic mass is 16.6. The topological polar surface area (TPSA) is 47.6 Å². The zero-order valence-corrected chi connectivity index (χ0v) is 10.8. The van der Waals surface area contributed by atoms with Gasteiger partial charge in [0.25, 0.3) is 0 Å². The van der Waals surface area contributed by atoms with Gasteiger partial charge in [0.05, 0.1) is 13.0 Å². The first-order valence-corrected chi connectivity index (χ1v) is 6.22. The minimum Gasteiger partial charge on any atom is -0.460 e. The molecular formula is C14H19NO3. The first-order chi connectivity index (χ1) is 8.70. The van der Waals surface area contributed by atoms with Crippen molar-refractivity contribution >= 4 is 11.7 Å². The summed E-state index contributed by atoms with van der Waals surface area (Å²) >= 11 is 0. The first kappa shape index (κ1) is 12.9. The largest absolute Gasteiger partial charge is 0.460 e. The fourth-order valence-corrected chi connectivity index (χ4v) is 2.28. The van der Waals surface area contributed by atoms with Gasteiger partial charge in [0.15, 0.2) is 0 Å². The second-order valence-corrected chi connectivity index (χ2v) is 4.63. The lowest BCUT2D eigenvalue weighted by Crippen LogP contribution is -2.21. The number of hydrogen-bond donors (Lipinski definition) is 1. The highest BCUT2D eigenvalue weighted by Crippen LogP contribution is 2.33. The number of fused-ring (bicyclic) bond motifs is 1. The van der Waals surface area contributed by atoms with Crippen LogP contribution in [0.5, 0.6) is 0 Å². The number of carbonyl (C=O) groups is 1. The minimum absolute atomic E-state index is 0.164. The predicted octanol–water partition coefficient (Wildman–Crippen LogP) is 2.16. The van der Waals surface area contributed by atoms with E-state index in [1.54, 1.807) is 7.11 Å². The molecule has 2 unspecified atom stereocenters. The van der Waals surface area contributed by atoms with Gasteiger partial charge in [-0.1, -0.05) is 18.2 Å². The molecule has 0 amide bonds. The number of ether oxygens (including phenoxy) is 2. The zero-order chi connectivity index (χ0) is 13.0. The highest BCUT2D eigenvalue weighted by Gasteiger charge is 2.25. The summed E-state index contributed by atoms with van der Waals surface area (Å²) in [7, 11) is 1.60. The van der Waals surface area contributed by atoms with Crippen molar-refractivity contribution in [3.63, 3.8) is 0 Å². The average Bonchev–Trinajstić information content (AvgIpc) is 2.73. The monoisotopic (exact) mass is 249 g/mol. The number of anilines is 1. The van der Waals surface area contributed by atoms with Crippen LogP contribution in [0.2, 0.25) is 0 Å². The molecule has 0 radical (unpaired) electrons. The average molecular weight is 249 g/mol. The summed E-state index contributed by atoms with van der Waals surface area (Å²) in [4.78, 5) is 11.8. The molecular weight excluding hydrogens is 230 g/mol.